The predicted molar refractivity (Wildman–Crippen MR) is 59.4 cm³/mol. The third kappa shape index (κ3) is 3.94. The number of aromatic nitrogens is 1. The van der Waals surface area contributed by atoms with E-state index >= 15 is 0 Å². The first-order valence-electron chi connectivity index (χ1n) is 4.80. The standard InChI is InChI=1S/C12H15NO2/c1-9-7-11(8-10(2)13-9)5-4-6-12(14)15-3/h4-5,7-8H,6H2,1-3H3. The molecule has 1 aromatic rings. The molecule has 1 aromatic heterocycles. The smallest absolute Gasteiger partial charge is 0.309 e. The highest BCUT2D eigenvalue weighted by molar-refractivity contribution is 5.72. The molecule has 3 heteroatoms. The van der Waals surface area contributed by atoms with Gasteiger partial charge in [-0.05, 0) is 31.5 Å². The Morgan fingerprint density at radius 2 is 2.00 bits per heavy atom. The Kier molecular flexibility index (Phi) is 4.03. The lowest BCUT2D eigenvalue weighted by atomic mass is 10.2. The summed E-state index contributed by atoms with van der Waals surface area (Å²) in [6.45, 7) is 3.90. The number of aryl methyl sites for hydroxylation is 2. The monoisotopic (exact) mass is 205 g/mol. The van der Waals surface area contributed by atoms with Gasteiger partial charge in [0.1, 0.15) is 0 Å². The molecule has 0 aliphatic carbocycles. The molecule has 1 heterocycles. The fourth-order valence-corrected chi connectivity index (χ4v) is 1.34. The molecular formula is C12H15NO2. The van der Waals surface area contributed by atoms with Crippen molar-refractivity contribution in [3.63, 3.8) is 0 Å². The first kappa shape index (κ1) is 11.4. The number of carbonyl (C=O) groups excluding carboxylic acids is 1. The van der Waals surface area contributed by atoms with Gasteiger partial charge in [-0.25, -0.2) is 0 Å². The van der Waals surface area contributed by atoms with Gasteiger partial charge in [-0.2, -0.15) is 0 Å². The van der Waals surface area contributed by atoms with E-state index in [0.717, 1.165) is 17.0 Å². The summed E-state index contributed by atoms with van der Waals surface area (Å²) >= 11 is 0. The second-order valence-electron chi connectivity index (χ2n) is 3.37. The lowest BCUT2D eigenvalue weighted by Gasteiger charge is -1.98. The first-order valence-corrected chi connectivity index (χ1v) is 4.80. The number of pyridine rings is 1. The van der Waals surface area contributed by atoms with Crippen LogP contribution < -0.4 is 0 Å². The summed E-state index contributed by atoms with van der Waals surface area (Å²) < 4.78 is 4.53. The van der Waals surface area contributed by atoms with E-state index in [1.54, 1.807) is 6.08 Å². The fraction of sp³-hybridized carbons (Fsp3) is 0.333. The Bertz CT molecular complexity index is 363. The van der Waals surface area contributed by atoms with Crippen LogP contribution >= 0.6 is 0 Å². The van der Waals surface area contributed by atoms with Crippen molar-refractivity contribution in [1.29, 1.82) is 0 Å². The number of methoxy groups -OCH3 is 1. The highest BCUT2D eigenvalue weighted by Crippen LogP contribution is 2.07. The molecule has 80 valence electrons. The number of esters is 1. The summed E-state index contributed by atoms with van der Waals surface area (Å²) in [6, 6.07) is 3.95. The summed E-state index contributed by atoms with van der Waals surface area (Å²) in [6.07, 6.45) is 4.00. The molecule has 0 spiro atoms. The zero-order valence-electron chi connectivity index (χ0n) is 9.28. The van der Waals surface area contributed by atoms with Crippen molar-refractivity contribution in [1.82, 2.24) is 4.98 Å². The molecule has 3 nitrogen and oxygen atoms in total. The predicted octanol–water partition coefficient (Wildman–Crippen LogP) is 2.27. The zero-order valence-corrected chi connectivity index (χ0v) is 9.28. The van der Waals surface area contributed by atoms with E-state index in [2.05, 4.69) is 9.72 Å². The maximum absolute atomic E-state index is 10.9. The first-order chi connectivity index (χ1) is 7.11. The summed E-state index contributed by atoms with van der Waals surface area (Å²) in [4.78, 5) is 15.1. The number of nitrogens with zero attached hydrogens (tertiary/aromatic N) is 1. The van der Waals surface area contributed by atoms with E-state index in [-0.39, 0.29) is 5.97 Å². The molecule has 0 aliphatic rings. The third-order valence-corrected chi connectivity index (χ3v) is 1.93. The third-order valence-electron chi connectivity index (χ3n) is 1.93. The molecule has 0 aromatic carbocycles. The molecule has 0 unspecified atom stereocenters. The zero-order chi connectivity index (χ0) is 11.3. The maximum Gasteiger partial charge on any atom is 0.309 e. The lowest BCUT2D eigenvalue weighted by molar-refractivity contribution is -0.139. The minimum atomic E-state index is -0.228. The van der Waals surface area contributed by atoms with Crippen LogP contribution in [0.3, 0.4) is 0 Å². The fourth-order valence-electron chi connectivity index (χ4n) is 1.34. The van der Waals surface area contributed by atoms with Gasteiger partial charge in [0.15, 0.2) is 0 Å². The van der Waals surface area contributed by atoms with Gasteiger partial charge in [-0.1, -0.05) is 12.2 Å². The van der Waals surface area contributed by atoms with Gasteiger partial charge in [0.05, 0.1) is 13.5 Å². The minimum Gasteiger partial charge on any atom is -0.469 e. The van der Waals surface area contributed by atoms with E-state index in [4.69, 9.17) is 0 Å². The van der Waals surface area contributed by atoms with Crippen LogP contribution in [0.2, 0.25) is 0 Å². The summed E-state index contributed by atoms with van der Waals surface area (Å²) in [5.74, 6) is -0.228. The largest absolute Gasteiger partial charge is 0.469 e. The van der Waals surface area contributed by atoms with Crippen LogP contribution in [0.15, 0.2) is 18.2 Å². The van der Waals surface area contributed by atoms with E-state index in [1.807, 2.05) is 32.1 Å². The quantitative estimate of drug-likeness (QED) is 0.710. The molecule has 0 fully saturated rings. The van der Waals surface area contributed by atoms with Gasteiger partial charge in [-0.15, -0.1) is 0 Å². The second-order valence-corrected chi connectivity index (χ2v) is 3.37. The summed E-state index contributed by atoms with van der Waals surface area (Å²) in [5, 5.41) is 0. The molecule has 0 N–H and O–H groups in total. The second kappa shape index (κ2) is 5.29. The minimum absolute atomic E-state index is 0.228. The molecular weight excluding hydrogens is 190 g/mol. The number of ether oxygens (including phenoxy) is 1. The van der Waals surface area contributed by atoms with Gasteiger partial charge in [0.25, 0.3) is 0 Å². The number of carbonyl (C=O) groups is 1. The number of rotatable bonds is 3. The molecule has 0 atom stereocenters. The van der Waals surface area contributed by atoms with Crippen LogP contribution in [0.4, 0.5) is 0 Å². The van der Waals surface area contributed by atoms with Crippen molar-refractivity contribution in [3.05, 3.63) is 35.2 Å². The lowest BCUT2D eigenvalue weighted by Crippen LogP contribution is -1.96. The SMILES string of the molecule is COC(=O)CC=Cc1cc(C)nc(C)c1. The molecule has 0 aliphatic heterocycles. The van der Waals surface area contributed by atoms with Crippen molar-refractivity contribution in [2.45, 2.75) is 20.3 Å². The highest BCUT2D eigenvalue weighted by atomic mass is 16.5. The molecule has 15 heavy (non-hydrogen) atoms. The van der Waals surface area contributed by atoms with E-state index in [0.29, 0.717) is 6.42 Å². The van der Waals surface area contributed by atoms with Crippen molar-refractivity contribution >= 4 is 12.0 Å². The molecule has 1 rings (SSSR count). The normalized spacial score (nSPS) is 10.6. The van der Waals surface area contributed by atoms with Crippen LogP contribution in [0.5, 0.6) is 0 Å². The Morgan fingerprint density at radius 1 is 1.40 bits per heavy atom. The topological polar surface area (TPSA) is 39.2 Å². The number of hydrogen-bond donors (Lipinski definition) is 0. The van der Waals surface area contributed by atoms with Gasteiger partial charge in [-0.3, -0.25) is 9.78 Å². The maximum atomic E-state index is 10.9. The van der Waals surface area contributed by atoms with E-state index in [1.165, 1.54) is 7.11 Å². The Labute approximate surface area is 89.8 Å². The summed E-state index contributed by atoms with van der Waals surface area (Å²) in [5.41, 5.74) is 3.02. The van der Waals surface area contributed by atoms with E-state index < -0.39 is 0 Å². The average molecular weight is 205 g/mol. The average Bonchev–Trinajstić information content (AvgIpc) is 2.16. The van der Waals surface area contributed by atoms with Gasteiger partial charge < -0.3 is 4.74 Å². The van der Waals surface area contributed by atoms with Crippen molar-refractivity contribution < 1.29 is 9.53 Å². The molecule has 0 saturated heterocycles. The number of hydrogen-bond acceptors (Lipinski definition) is 3. The molecule has 0 radical (unpaired) electrons. The van der Waals surface area contributed by atoms with E-state index in [9.17, 15) is 4.79 Å². The van der Waals surface area contributed by atoms with Gasteiger partial charge in [0, 0.05) is 11.4 Å². The molecule has 0 amide bonds. The van der Waals surface area contributed by atoms with Crippen molar-refractivity contribution in [3.8, 4) is 0 Å². The van der Waals surface area contributed by atoms with Crippen molar-refractivity contribution in [2.24, 2.45) is 0 Å². The van der Waals surface area contributed by atoms with Crippen LogP contribution in [-0.2, 0) is 9.53 Å². The Morgan fingerprint density at radius 3 is 2.53 bits per heavy atom. The Balaban J connectivity index is 2.68. The Hall–Kier alpha value is -1.64. The molecule has 0 bridgehead atoms. The van der Waals surface area contributed by atoms with Crippen LogP contribution in [-0.4, -0.2) is 18.1 Å². The van der Waals surface area contributed by atoms with Crippen molar-refractivity contribution in [2.75, 3.05) is 7.11 Å². The van der Waals surface area contributed by atoms with Crippen LogP contribution in [0.1, 0.15) is 23.4 Å². The molecule has 0 saturated carbocycles. The summed E-state index contributed by atoms with van der Waals surface area (Å²) in [7, 11) is 1.39. The van der Waals surface area contributed by atoms with Gasteiger partial charge in [0.2, 0.25) is 0 Å². The van der Waals surface area contributed by atoms with Gasteiger partial charge >= 0.3 is 5.97 Å². The van der Waals surface area contributed by atoms with Crippen LogP contribution in [0, 0.1) is 13.8 Å². The van der Waals surface area contributed by atoms with Crippen LogP contribution in [0.25, 0.3) is 6.08 Å². The highest BCUT2D eigenvalue weighted by Gasteiger charge is 1.96.